The molecule has 1 saturated heterocycles. The number of amides is 2. The summed E-state index contributed by atoms with van der Waals surface area (Å²) in [6.45, 7) is 0.406. The van der Waals surface area contributed by atoms with Crippen LogP contribution >= 0.6 is 0 Å². The number of fused-ring (bicyclic) bond motifs is 1. The summed E-state index contributed by atoms with van der Waals surface area (Å²) in [5.41, 5.74) is 0. The van der Waals surface area contributed by atoms with Crippen molar-refractivity contribution in [1.82, 2.24) is 16.0 Å². The molecule has 4 nitrogen and oxygen atoms in total. The minimum absolute atomic E-state index is 0.0551. The van der Waals surface area contributed by atoms with E-state index in [1.165, 1.54) is 0 Å². The highest BCUT2D eigenvalue weighted by atomic mass is 19.4. The van der Waals surface area contributed by atoms with Crippen molar-refractivity contribution in [3.05, 3.63) is 0 Å². The van der Waals surface area contributed by atoms with Crippen LogP contribution < -0.4 is 16.0 Å². The number of alkyl halides is 3. The van der Waals surface area contributed by atoms with Crippen molar-refractivity contribution in [2.75, 3.05) is 19.6 Å². The maximum atomic E-state index is 11.7. The predicted octanol–water partition coefficient (Wildman–Crippen LogP) is 0.0657. The van der Waals surface area contributed by atoms with E-state index in [-0.39, 0.29) is 6.04 Å². The van der Waals surface area contributed by atoms with Crippen LogP contribution in [0.2, 0.25) is 0 Å². The highest BCUT2D eigenvalue weighted by Crippen LogP contribution is 2.41. The van der Waals surface area contributed by atoms with E-state index in [0.29, 0.717) is 11.8 Å². The summed E-state index contributed by atoms with van der Waals surface area (Å²) in [6, 6.07) is -0.675. The fourth-order valence-electron chi connectivity index (χ4n) is 2.02. The fourth-order valence-corrected chi connectivity index (χ4v) is 2.02. The van der Waals surface area contributed by atoms with Crippen LogP contribution in [0.4, 0.5) is 18.0 Å². The average Bonchev–Trinajstić information content (AvgIpc) is 2.62. The van der Waals surface area contributed by atoms with Crippen molar-refractivity contribution >= 4 is 6.03 Å². The Hall–Kier alpha value is -0.980. The Kier molecular flexibility index (Phi) is 2.49. The SMILES string of the molecule is O=C(NCC(F)(F)F)NC1C2CNCC21. The normalized spacial score (nSPS) is 33.4. The first-order chi connectivity index (χ1) is 6.97. The third kappa shape index (κ3) is 2.53. The van der Waals surface area contributed by atoms with Crippen molar-refractivity contribution in [1.29, 1.82) is 0 Å². The molecule has 2 rings (SSSR count). The second-order valence-corrected chi connectivity index (χ2v) is 3.95. The average molecular weight is 223 g/mol. The zero-order chi connectivity index (χ0) is 11.1. The molecule has 7 heteroatoms. The van der Waals surface area contributed by atoms with Gasteiger partial charge in [-0.15, -0.1) is 0 Å². The molecule has 2 fully saturated rings. The Labute approximate surface area is 84.6 Å². The molecule has 86 valence electrons. The maximum absolute atomic E-state index is 11.7. The lowest BCUT2D eigenvalue weighted by Gasteiger charge is -2.10. The minimum atomic E-state index is -4.35. The predicted molar refractivity (Wildman–Crippen MR) is 46.2 cm³/mol. The summed E-state index contributed by atoms with van der Waals surface area (Å²) in [5, 5.41) is 7.46. The van der Waals surface area contributed by atoms with Crippen LogP contribution in [0.25, 0.3) is 0 Å². The lowest BCUT2D eigenvalue weighted by Crippen LogP contribution is -2.43. The Bertz CT molecular complexity index is 258. The van der Waals surface area contributed by atoms with Crippen molar-refractivity contribution in [3.8, 4) is 0 Å². The number of carbonyl (C=O) groups is 1. The van der Waals surface area contributed by atoms with Crippen LogP contribution in [0.3, 0.4) is 0 Å². The zero-order valence-electron chi connectivity index (χ0n) is 7.90. The summed E-state index contributed by atoms with van der Waals surface area (Å²) < 4.78 is 35.2. The van der Waals surface area contributed by atoms with E-state index in [2.05, 4.69) is 10.6 Å². The quantitative estimate of drug-likeness (QED) is 0.620. The van der Waals surface area contributed by atoms with E-state index >= 15 is 0 Å². The number of urea groups is 1. The molecule has 1 heterocycles. The summed E-state index contributed by atoms with van der Waals surface area (Å²) in [5.74, 6) is 0.809. The molecule has 0 radical (unpaired) electrons. The topological polar surface area (TPSA) is 53.2 Å². The molecule has 0 bridgehead atoms. The molecule has 2 unspecified atom stereocenters. The molecule has 1 aliphatic carbocycles. The highest BCUT2D eigenvalue weighted by Gasteiger charge is 2.53. The molecule has 2 atom stereocenters. The van der Waals surface area contributed by atoms with Gasteiger partial charge in [0.05, 0.1) is 0 Å². The van der Waals surface area contributed by atoms with Crippen LogP contribution in [0.5, 0.6) is 0 Å². The van der Waals surface area contributed by atoms with E-state index in [4.69, 9.17) is 0 Å². The molecule has 1 aliphatic heterocycles. The van der Waals surface area contributed by atoms with Gasteiger partial charge in [0.25, 0.3) is 0 Å². The van der Waals surface area contributed by atoms with Gasteiger partial charge in [-0.3, -0.25) is 0 Å². The number of carbonyl (C=O) groups excluding carboxylic acids is 1. The molecule has 0 aromatic rings. The number of nitrogens with one attached hydrogen (secondary N) is 3. The van der Waals surface area contributed by atoms with Gasteiger partial charge in [-0.1, -0.05) is 0 Å². The standard InChI is InChI=1S/C8H12F3N3O/c9-8(10,11)3-13-7(15)14-6-4-1-12-2-5(4)6/h4-6,12H,1-3H2,(H2,13,14,15). The molecule has 1 saturated carbocycles. The maximum Gasteiger partial charge on any atom is 0.405 e. The van der Waals surface area contributed by atoms with Crippen molar-refractivity contribution in [3.63, 3.8) is 0 Å². The Morgan fingerprint density at radius 1 is 1.33 bits per heavy atom. The molecule has 0 aromatic heterocycles. The molecule has 0 spiro atoms. The summed E-state index contributed by atoms with van der Waals surface area (Å²) in [4.78, 5) is 11.0. The van der Waals surface area contributed by atoms with Crippen molar-refractivity contribution < 1.29 is 18.0 Å². The molecule has 0 aromatic carbocycles. The molecule has 3 N–H and O–H groups in total. The van der Waals surface area contributed by atoms with Crippen molar-refractivity contribution in [2.45, 2.75) is 12.2 Å². The largest absolute Gasteiger partial charge is 0.405 e. The lowest BCUT2D eigenvalue weighted by atomic mass is 10.4. The summed E-state index contributed by atoms with van der Waals surface area (Å²) in [7, 11) is 0. The number of halogens is 3. The Morgan fingerprint density at radius 2 is 1.93 bits per heavy atom. The fraction of sp³-hybridized carbons (Fsp3) is 0.875. The second-order valence-electron chi connectivity index (χ2n) is 3.95. The molecular formula is C8H12F3N3O. The first kappa shape index (κ1) is 10.5. The Balaban J connectivity index is 1.66. The lowest BCUT2D eigenvalue weighted by molar-refractivity contribution is -0.122. The van der Waals surface area contributed by atoms with Gasteiger partial charge in [-0.2, -0.15) is 13.2 Å². The Morgan fingerprint density at radius 3 is 2.47 bits per heavy atom. The van der Waals surface area contributed by atoms with Gasteiger partial charge in [0.15, 0.2) is 0 Å². The van der Waals surface area contributed by atoms with Gasteiger partial charge in [0, 0.05) is 19.1 Å². The summed E-state index contributed by atoms with van der Waals surface area (Å²) >= 11 is 0. The van der Waals surface area contributed by atoms with E-state index < -0.39 is 18.8 Å². The van der Waals surface area contributed by atoms with Crippen LogP contribution in [-0.2, 0) is 0 Å². The first-order valence-corrected chi connectivity index (χ1v) is 4.79. The highest BCUT2D eigenvalue weighted by molar-refractivity contribution is 5.74. The zero-order valence-corrected chi connectivity index (χ0v) is 7.90. The number of rotatable bonds is 2. The van der Waals surface area contributed by atoms with E-state index in [0.717, 1.165) is 13.1 Å². The molecular weight excluding hydrogens is 211 g/mol. The minimum Gasteiger partial charge on any atom is -0.335 e. The van der Waals surface area contributed by atoms with Gasteiger partial charge in [0.1, 0.15) is 6.54 Å². The second kappa shape index (κ2) is 3.55. The van der Waals surface area contributed by atoms with Crippen LogP contribution in [0, 0.1) is 11.8 Å². The number of hydrogen-bond acceptors (Lipinski definition) is 2. The van der Waals surface area contributed by atoms with Crippen LogP contribution in [0.1, 0.15) is 0 Å². The monoisotopic (exact) mass is 223 g/mol. The van der Waals surface area contributed by atoms with Gasteiger partial charge < -0.3 is 16.0 Å². The molecule has 15 heavy (non-hydrogen) atoms. The number of hydrogen-bond donors (Lipinski definition) is 3. The molecule has 2 amide bonds. The first-order valence-electron chi connectivity index (χ1n) is 4.79. The van der Waals surface area contributed by atoms with Gasteiger partial charge in [0.2, 0.25) is 0 Å². The van der Waals surface area contributed by atoms with E-state index in [1.807, 2.05) is 0 Å². The van der Waals surface area contributed by atoms with Gasteiger partial charge in [-0.05, 0) is 11.8 Å². The number of piperidine rings is 1. The van der Waals surface area contributed by atoms with Crippen LogP contribution in [0.15, 0.2) is 0 Å². The third-order valence-electron chi connectivity index (χ3n) is 2.84. The molecule has 2 aliphatic rings. The van der Waals surface area contributed by atoms with Crippen molar-refractivity contribution in [2.24, 2.45) is 11.8 Å². The van der Waals surface area contributed by atoms with E-state index in [9.17, 15) is 18.0 Å². The van der Waals surface area contributed by atoms with Gasteiger partial charge >= 0.3 is 12.2 Å². The summed E-state index contributed by atoms with van der Waals surface area (Å²) in [6.07, 6.45) is -4.35. The third-order valence-corrected chi connectivity index (χ3v) is 2.84. The smallest absolute Gasteiger partial charge is 0.335 e. The van der Waals surface area contributed by atoms with E-state index in [1.54, 1.807) is 5.32 Å². The van der Waals surface area contributed by atoms with Gasteiger partial charge in [-0.25, -0.2) is 4.79 Å². The van der Waals surface area contributed by atoms with Crippen LogP contribution in [-0.4, -0.2) is 37.9 Å².